The lowest BCUT2D eigenvalue weighted by atomic mass is 9.80. The van der Waals surface area contributed by atoms with E-state index in [0.29, 0.717) is 18.4 Å². The lowest BCUT2D eigenvalue weighted by Crippen LogP contribution is -2.52. The first-order chi connectivity index (χ1) is 11.1. The molecule has 0 aromatic rings. The van der Waals surface area contributed by atoms with Gasteiger partial charge in [0.2, 0.25) is 5.91 Å². The Morgan fingerprint density at radius 2 is 1.60 bits per heavy atom. The van der Waals surface area contributed by atoms with E-state index in [4.69, 9.17) is 5.73 Å². The number of amides is 1. The van der Waals surface area contributed by atoms with Crippen LogP contribution in [0.3, 0.4) is 0 Å². The molecule has 2 aliphatic heterocycles. The summed E-state index contributed by atoms with van der Waals surface area (Å²) < 4.78 is 0. The van der Waals surface area contributed by atoms with Crippen molar-refractivity contribution in [3.63, 3.8) is 0 Å². The SMILES string of the molecule is CCC(CC)(CN)C(=O)N1CCCC(CN2CCCCCC2)C1.Cl.Cl. The summed E-state index contributed by atoms with van der Waals surface area (Å²) in [7, 11) is 0. The normalized spacial score (nSPS) is 22.5. The van der Waals surface area contributed by atoms with Gasteiger partial charge in [-0.15, -0.1) is 24.8 Å². The molecule has 1 unspecified atom stereocenters. The standard InChI is InChI=1S/C19H37N3O.2ClH/c1-3-19(4-2,16-20)18(23)22-13-9-10-17(15-22)14-21-11-7-5-6-8-12-21;;/h17H,3-16,20H2,1-2H3;2*1H. The summed E-state index contributed by atoms with van der Waals surface area (Å²) in [4.78, 5) is 17.8. The minimum Gasteiger partial charge on any atom is -0.342 e. The number of hydrogen-bond acceptors (Lipinski definition) is 3. The molecular formula is C19H39Cl2N3O. The summed E-state index contributed by atoms with van der Waals surface area (Å²) in [6.45, 7) is 10.2. The molecule has 2 heterocycles. The van der Waals surface area contributed by atoms with Gasteiger partial charge < -0.3 is 15.5 Å². The summed E-state index contributed by atoms with van der Waals surface area (Å²) >= 11 is 0. The molecule has 1 atom stereocenters. The second-order valence-corrected chi connectivity index (χ2v) is 7.67. The molecule has 0 aromatic carbocycles. The molecule has 0 saturated carbocycles. The zero-order valence-corrected chi connectivity index (χ0v) is 17.8. The maximum atomic E-state index is 13.0. The number of likely N-dealkylation sites (tertiary alicyclic amines) is 2. The Balaban J connectivity index is 0.00000288. The molecule has 4 nitrogen and oxygen atoms in total. The molecule has 0 radical (unpaired) electrons. The quantitative estimate of drug-likeness (QED) is 0.745. The summed E-state index contributed by atoms with van der Waals surface area (Å²) in [5, 5.41) is 0. The van der Waals surface area contributed by atoms with Crippen LogP contribution in [0.25, 0.3) is 0 Å². The van der Waals surface area contributed by atoms with E-state index in [9.17, 15) is 4.79 Å². The second kappa shape index (κ2) is 12.4. The average Bonchev–Trinajstić information content (AvgIpc) is 2.86. The molecule has 0 aliphatic carbocycles. The molecule has 2 rings (SSSR count). The molecule has 2 aliphatic rings. The minimum atomic E-state index is -0.329. The van der Waals surface area contributed by atoms with E-state index < -0.39 is 0 Å². The third kappa shape index (κ3) is 6.57. The Hall–Kier alpha value is -0.0300. The van der Waals surface area contributed by atoms with Gasteiger partial charge in [-0.3, -0.25) is 4.79 Å². The maximum absolute atomic E-state index is 13.0. The molecule has 6 heteroatoms. The smallest absolute Gasteiger partial charge is 0.230 e. The Labute approximate surface area is 167 Å². The summed E-state index contributed by atoms with van der Waals surface area (Å²) in [6, 6.07) is 0. The average molecular weight is 396 g/mol. The number of carbonyl (C=O) groups excluding carboxylic acids is 1. The number of halogens is 2. The third-order valence-corrected chi connectivity index (χ3v) is 6.22. The Morgan fingerprint density at radius 1 is 1.00 bits per heavy atom. The van der Waals surface area contributed by atoms with E-state index >= 15 is 0 Å². The fourth-order valence-corrected chi connectivity index (χ4v) is 4.35. The lowest BCUT2D eigenvalue weighted by Gasteiger charge is -2.40. The van der Waals surface area contributed by atoms with Crippen molar-refractivity contribution in [2.75, 3.05) is 39.3 Å². The van der Waals surface area contributed by atoms with Gasteiger partial charge in [-0.25, -0.2) is 0 Å². The zero-order valence-electron chi connectivity index (χ0n) is 16.2. The largest absolute Gasteiger partial charge is 0.342 e. The highest BCUT2D eigenvalue weighted by Gasteiger charge is 2.38. The van der Waals surface area contributed by atoms with E-state index in [1.165, 1.54) is 51.7 Å². The molecule has 150 valence electrons. The molecule has 0 spiro atoms. The highest BCUT2D eigenvalue weighted by molar-refractivity contribution is 5.85. The number of carbonyl (C=O) groups is 1. The van der Waals surface area contributed by atoms with E-state index in [-0.39, 0.29) is 30.2 Å². The van der Waals surface area contributed by atoms with E-state index in [0.717, 1.165) is 32.4 Å². The van der Waals surface area contributed by atoms with Crippen LogP contribution in [0.15, 0.2) is 0 Å². The number of hydrogen-bond donors (Lipinski definition) is 1. The Bertz CT molecular complexity index is 361. The van der Waals surface area contributed by atoms with Gasteiger partial charge in [-0.2, -0.15) is 0 Å². The summed E-state index contributed by atoms with van der Waals surface area (Å²) in [6.07, 6.45) is 9.59. The van der Waals surface area contributed by atoms with Crippen LogP contribution >= 0.6 is 24.8 Å². The second-order valence-electron chi connectivity index (χ2n) is 7.67. The van der Waals surface area contributed by atoms with Gasteiger partial charge in [0.25, 0.3) is 0 Å². The highest BCUT2D eigenvalue weighted by atomic mass is 35.5. The van der Waals surface area contributed by atoms with Gasteiger partial charge in [-0.05, 0) is 57.5 Å². The number of nitrogens with zero attached hydrogens (tertiary/aromatic N) is 2. The van der Waals surface area contributed by atoms with Crippen LogP contribution in [0.4, 0.5) is 0 Å². The van der Waals surface area contributed by atoms with Crippen LogP contribution in [0, 0.1) is 11.3 Å². The van der Waals surface area contributed by atoms with E-state index in [1.54, 1.807) is 0 Å². The third-order valence-electron chi connectivity index (χ3n) is 6.22. The molecule has 1 amide bonds. The van der Waals surface area contributed by atoms with E-state index in [1.807, 2.05) is 0 Å². The van der Waals surface area contributed by atoms with Crippen molar-refractivity contribution in [1.29, 1.82) is 0 Å². The number of rotatable bonds is 6. The van der Waals surface area contributed by atoms with Crippen molar-refractivity contribution in [2.24, 2.45) is 17.1 Å². The maximum Gasteiger partial charge on any atom is 0.230 e. The number of piperidine rings is 1. The highest BCUT2D eigenvalue weighted by Crippen LogP contribution is 2.30. The first-order valence-corrected chi connectivity index (χ1v) is 9.87. The van der Waals surface area contributed by atoms with Crippen molar-refractivity contribution in [2.45, 2.75) is 65.2 Å². The van der Waals surface area contributed by atoms with Gasteiger partial charge in [0.15, 0.2) is 0 Å². The predicted molar refractivity (Wildman–Crippen MR) is 111 cm³/mol. The predicted octanol–water partition coefficient (Wildman–Crippen LogP) is 3.71. The van der Waals surface area contributed by atoms with Crippen LogP contribution < -0.4 is 5.73 Å². The summed E-state index contributed by atoms with van der Waals surface area (Å²) in [5.74, 6) is 0.959. The Morgan fingerprint density at radius 3 is 2.12 bits per heavy atom. The molecule has 2 fully saturated rings. The topological polar surface area (TPSA) is 49.6 Å². The van der Waals surface area contributed by atoms with Crippen molar-refractivity contribution in [3.8, 4) is 0 Å². The minimum absolute atomic E-state index is 0. The molecular weight excluding hydrogens is 357 g/mol. The first-order valence-electron chi connectivity index (χ1n) is 9.87. The molecule has 0 bridgehead atoms. The van der Waals surface area contributed by atoms with Gasteiger partial charge in [0.1, 0.15) is 0 Å². The van der Waals surface area contributed by atoms with Crippen molar-refractivity contribution < 1.29 is 4.79 Å². The van der Waals surface area contributed by atoms with Gasteiger partial charge >= 0.3 is 0 Å². The lowest BCUT2D eigenvalue weighted by molar-refractivity contribution is -0.144. The van der Waals surface area contributed by atoms with E-state index in [2.05, 4.69) is 23.6 Å². The van der Waals surface area contributed by atoms with Gasteiger partial charge in [0.05, 0.1) is 5.41 Å². The zero-order chi connectivity index (χ0) is 16.7. The van der Waals surface area contributed by atoms with Crippen LogP contribution in [0.1, 0.15) is 65.2 Å². The van der Waals surface area contributed by atoms with Crippen LogP contribution in [0.2, 0.25) is 0 Å². The van der Waals surface area contributed by atoms with Crippen LogP contribution in [0.5, 0.6) is 0 Å². The van der Waals surface area contributed by atoms with Crippen molar-refractivity contribution in [3.05, 3.63) is 0 Å². The molecule has 2 N–H and O–H groups in total. The fraction of sp³-hybridized carbons (Fsp3) is 0.947. The summed E-state index contributed by atoms with van der Waals surface area (Å²) in [5.41, 5.74) is 5.65. The molecule has 25 heavy (non-hydrogen) atoms. The first kappa shape index (κ1) is 25.0. The van der Waals surface area contributed by atoms with Gasteiger partial charge in [-0.1, -0.05) is 26.7 Å². The monoisotopic (exact) mass is 395 g/mol. The van der Waals surface area contributed by atoms with Crippen LogP contribution in [-0.2, 0) is 4.79 Å². The molecule has 0 aromatic heterocycles. The molecule has 2 saturated heterocycles. The number of nitrogens with two attached hydrogens (primary N) is 1. The van der Waals surface area contributed by atoms with Gasteiger partial charge in [0, 0.05) is 26.2 Å². The van der Waals surface area contributed by atoms with Crippen molar-refractivity contribution >= 4 is 30.7 Å². The van der Waals surface area contributed by atoms with Crippen molar-refractivity contribution in [1.82, 2.24) is 9.80 Å². The fourth-order valence-electron chi connectivity index (χ4n) is 4.35. The Kier molecular flexibility index (Phi) is 12.4. The van der Waals surface area contributed by atoms with Crippen LogP contribution in [-0.4, -0.2) is 55.0 Å².